The Morgan fingerprint density at radius 2 is 2.00 bits per heavy atom. The van der Waals surface area contributed by atoms with E-state index < -0.39 is 0 Å². The molecule has 0 aliphatic rings. The molecule has 0 atom stereocenters. The van der Waals surface area contributed by atoms with Crippen LogP contribution in [-0.4, -0.2) is 20.9 Å². The van der Waals surface area contributed by atoms with Gasteiger partial charge in [0.1, 0.15) is 12.1 Å². The molecule has 1 amide bonds. The van der Waals surface area contributed by atoms with Crippen molar-refractivity contribution < 1.29 is 4.79 Å². The molecule has 112 valence electrons. The first-order chi connectivity index (χ1) is 10.7. The third-order valence-electron chi connectivity index (χ3n) is 3.72. The first-order valence-corrected chi connectivity index (χ1v) is 7.35. The number of fused-ring (bicyclic) bond motifs is 1. The molecule has 3 rings (SSSR count). The summed E-state index contributed by atoms with van der Waals surface area (Å²) >= 11 is 0. The lowest BCUT2D eigenvalue weighted by Crippen LogP contribution is -2.20. The fourth-order valence-corrected chi connectivity index (χ4v) is 2.55. The van der Waals surface area contributed by atoms with E-state index in [1.54, 1.807) is 4.68 Å². The Balaban J connectivity index is 1.81. The lowest BCUT2D eigenvalue weighted by molar-refractivity contribution is -0.116. The summed E-state index contributed by atoms with van der Waals surface area (Å²) in [4.78, 5) is 12.3. The Hall–Kier alpha value is -2.69. The van der Waals surface area contributed by atoms with Gasteiger partial charge in [0.2, 0.25) is 5.91 Å². The van der Waals surface area contributed by atoms with Gasteiger partial charge in [0.15, 0.2) is 0 Å². The second-order valence-corrected chi connectivity index (χ2v) is 5.25. The molecule has 5 nitrogen and oxygen atoms in total. The Labute approximate surface area is 129 Å². The lowest BCUT2D eigenvalue weighted by Gasteiger charge is -2.13. The first-order valence-electron chi connectivity index (χ1n) is 7.35. The Morgan fingerprint density at radius 1 is 1.18 bits per heavy atom. The van der Waals surface area contributed by atoms with Crippen molar-refractivity contribution in [1.82, 2.24) is 15.0 Å². The van der Waals surface area contributed by atoms with Crippen molar-refractivity contribution in [3.8, 4) is 0 Å². The summed E-state index contributed by atoms with van der Waals surface area (Å²) in [6.45, 7) is 4.23. The molecule has 0 saturated heterocycles. The van der Waals surface area contributed by atoms with Crippen LogP contribution < -0.4 is 5.32 Å². The van der Waals surface area contributed by atoms with E-state index in [4.69, 9.17) is 0 Å². The molecule has 1 N–H and O–H groups in total. The van der Waals surface area contributed by atoms with Crippen LogP contribution in [0.2, 0.25) is 0 Å². The van der Waals surface area contributed by atoms with Crippen LogP contribution in [0, 0.1) is 6.92 Å². The smallest absolute Gasteiger partial charge is 0.246 e. The molecule has 0 unspecified atom stereocenters. The highest BCUT2D eigenvalue weighted by atomic mass is 16.2. The summed E-state index contributed by atoms with van der Waals surface area (Å²) < 4.78 is 1.62. The van der Waals surface area contributed by atoms with E-state index in [0.717, 1.165) is 34.3 Å². The third-order valence-corrected chi connectivity index (χ3v) is 3.72. The van der Waals surface area contributed by atoms with E-state index in [0.29, 0.717) is 0 Å². The molecular weight excluding hydrogens is 276 g/mol. The van der Waals surface area contributed by atoms with Crippen LogP contribution in [0.25, 0.3) is 11.0 Å². The highest BCUT2D eigenvalue weighted by Gasteiger charge is 2.11. The maximum Gasteiger partial charge on any atom is 0.246 e. The summed E-state index contributed by atoms with van der Waals surface area (Å²) in [6, 6.07) is 13.7. The second kappa shape index (κ2) is 5.97. The fourth-order valence-electron chi connectivity index (χ4n) is 2.55. The minimum Gasteiger partial charge on any atom is -0.324 e. The largest absolute Gasteiger partial charge is 0.324 e. The molecular formula is C17H18N4O. The van der Waals surface area contributed by atoms with Crippen molar-refractivity contribution >= 4 is 22.6 Å². The predicted octanol–water partition coefficient (Wildman–Crippen LogP) is 2.94. The van der Waals surface area contributed by atoms with E-state index in [1.165, 1.54) is 0 Å². The van der Waals surface area contributed by atoms with E-state index in [1.807, 2.05) is 49.4 Å². The molecule has 0 aliphatic heterocycles. The zero-order chi connectivity index (χ0) is 15.5. The van der Waals surface area contributed by atoms with Gasteiger partial charge in [0.25, 0.3) is 0 Å². The first kappa shape index (κ1) is 14.3. The SMILES string of the molecule is CCc1cccc(C)c1NC(=O)Cn1nnc2ccccc21. The van der Waals surface area contributed by atoms with Crippen LogP contribution >= 0.6 is 0 Å². The van der Waals surface area contributed by atoms with Gasteiger partial charge in [-0.1, -0.05) is 42.5 Å². The summed E-state index contributed by atoms with van der Waals surface area (Å²) in [5.74, 6) is -0.0975. The number of carbonyl (C=O) groups is 1. The number of anilines is 1. The van der Waals surface area contributed by atoms with Crippen molar-refractivity contribution in [2.75, 3.05) is 5.32 Å². The molecule has 0 fully saturated rings. The average Bonchev–Trinajstić information content (AvgIpc) is 2.92. The van der Waals surface area contributed by atoms with E-state index in [-0.39, 0.29) is 12.5 Å². The normalized spacial score (nSPS) is 10.8. The molecule has 0 spiro atoms. The van der Waals surface area contributed by atoms with Gasteiger partial charge in [-0.2, -0.15) is 0 Å². The minimum atomic E-state index is -0.0975. The number of rotatable bonds is 4. The minimum absolute atomic E-state index is 0.0975. The van der Waals surface area contributed by atoms with Crippen LogP contribution in [0.5, 0.6) is 0 Å². The number of nitrogens with one attached hydrogen (secondary N) is 1. The number of hydrogen-bond donors (Lipinski definition) is 1. The average molecular weight is 294 g/mol. The van der Waals surface area contributed by atoms with E-state index in [9.17, 15) is 4.79 Å². The Morgan fingerprint density at radius 3 is 2.82 bits per heavy atom. The van der Waals surface area contributed by atoms with Crippen LogP contribution in [0.4, 0.5) is 5.69 Å². The molecule has 0 bridgehead atoms. The quantitative estimate of drug-likeness (QED) is 0.805. The van der Waals surface area contributed by atoms with Crippen molar-refractivity contribution in [2.24, 2.45) is 0 Å². The number of aryl methyl sites for hydroxylation is 2. The second-order valence-electron chi connectivity index (χ2n) is 5.25. The fraction of sp³-hybridized carbons (Fsp3) is 0.235. The van der Waals surface area contributed by atoms with Gasteiger partial charge in [0.05, 0.1) is 5.52 Å². The molecule has 0 radical (unpaired) electrons. The van der Waals surface area contributed by atoms with Gasteiger partial charge in [-0.05, 0) is 36.6 Å². The molecule has 0 aliphatic carbocycles. The number of nitrogens with zero attached hydrogens (tertiary/aromatic N) is 3. The topological polar surface area (TPSA) is 59.8 Å². The molecule has 1 aromatic heterocycles. The number of para-hydroxylation sites is 2. The summed E-state index contributed by atoms with van der Waals surface area (Å²) in [5.41, 5.74) is 4.76. The number of hydrogen-bond acceptors (Lipinski definition) is 3. The van der Waals surface area contributed by atoms with Crippen molar-refractivity contribution in [2.45, 2.75) is 26.8 Å². The van der Waals surface area contributed by atoms with Gasteiger partial charge < -0.3 is 5.32 Å². The zero-order valence-electron chi connectivity index (χ0n) is 12.7. The van der Waals surface area contributed by atoms with Crippen molar-refractivity contribution in [1.29, 1.82) is 0 Å². The van der Waals surface area contributed by atoms with Crippen molar-refractivity contribution in [3.05, 3.63) is 53.6 Å². The number of benzene rings is 2. The third kappa shape index (κ3) is 2.70. The molecule has 5 heteroatoms. The van der Waals surface area contributed by atoms with Gasteiger partial charge in [-0.3, -0.25) is 4.79 Å². The Kier molecular flexibility index (Phi) is 3.87. The van der Waals surface area contributed by atoms with Crippen LogP contribution in [0.3, 0.4) is 0 Å². The zero-order valence-corrected chi connectivity index (χ0v) is 12.7. The summed E-state index contributed by atoms with van der Waals surface area (Å²) in [6.07, 6.45) is 0.879. The van der Waals surface area contributed by atoms with Gasteiger partial charge >= 0.3 is 0 Å². The highest BCUT2D eigenvalue weighted by Crippen LogP contribution is 2.21. The molecule has 2 aromatic carbocycles. The lowest BCUT2D eigenvalue weighted by atomic mass is 10.1. The molecule has 0 saturated carbocycles. The highest BCUT2D eigenvalue weighted by molar-refractivity contribution is 5.93. The predicted molar refractivity (Wildman–Crippen MR) is 86.7 cm³/mol. The molecule has 1 heterocycles. The van der Waals surface area contributed by atoms with Crippen LogP contribution in [0.1, 0.15) is 18.1 Å². The molecule has 22 heavy (non-hydrogen) atoms. The van der Waals surface area contributed by atoms with E-state index >= 15 is 0 Å². The standard InChI is InChI=1S/C17H18N4O/c1-3-13-8-6-7-12(2)17(13)18-16(22)11-21-15-10-5-4-9-14(15)19-20-21/h4-10H,3,11H2,1-2H3,(H,18,22). The number of aromatic nitrogens is 3. The van der Waals surface area contributed by atoms with Crippen LogP contribution in [-0.2, 0) is 17.8 Å². The van der Waals surface area contributed by atoms with Gasteiger partial charge in [-0.25, -0.2) is 4.68 Å². The van der Waals surface area contributed by atoms with E-state index in [2.05, 4.69) is 22.6 Å². The van der Waals surface area contributed by atoms with Gasteiger partial charge in [0, 0.05) is 5.69 Å². The maximum atomic E-state index is 12.3. The summed E-state index contributed by atoms with van der Waals surface area (Å²) in [5, 5.41) is 11.1. The van der Waals surface area contributed by atoms with Gasteiger partial charge in [-0.15, -0.1) is 5.10 Å². The number of carbonyl (C=O) groups excluding carboxylic acids is 1. The van der Waals surface area contributed by atoms with Crippen LogP contribution in [0.15, 0.2) is 42.5 Å². The Bertz CT molecular complexity index is 822. The maximum absolute atomic E-state index is 12.3. The summed E-state index contributed by atoms with van der Waals surface area (Å²) in [7, 11) is 0. The monoisotopic (exact) mass is 294 g/mol. The van der Waals surface area contributed by atoms with Crippen molar-refractivity contribution in [3.63, 3.8) is 0 Å². The molecule has 3 aromatic rings. The number of amides is 1.